The molecule has 1 unspecified atom stereocenters. The van der Waals surface area contributed by atoms with E-state index >= 15 is 0 Å². The van der Waals surface area contributed by atoms with E-state index in [-0.39, 0.29) is 0 Å². The van der Waals surface area contributed by atoms with Crippen molar-refractivity contribution in [3.63, 3.8) is 0 Å². The third-order valence-corrected chi connectivity index (χ3v) is 3.25. The molecule has 0 spiro atoms. The van der Waals surface area contributed by atoms with E-state index < -0.39 is 6.10 Å². The molecule has 0 radical (unpaired) electrons. The first-order valence-corrected chi connectivity index (χ1v) is 6.24. The van der Waals surface area contributed by atoms with Gasteiger partial charge in [0.25, 0.3) is 0 Å². The summed E-state index contributed by atoms with van der Waals surface area (Å²) in [6.07, 6.45) is -0.458. The van der Waals surface area contributed by atoms with Gasteiger partial charge in [-0.1, -0.05) is 18.2 Å². The minimum Gasteiger partial charge on any atom is -0.390 e. The van der Waals surface area contributed by atoms with E-state index in [1.165, 1.54) is 16.6 Å². The van der Waals surface area contributed by atoms with Crippen molar-refractivity contribution in [2.45, 2.75) is 19.6 Å². The standard InChI is InChI=1S/C14H21N3O/c1-10-13(9-17(2)8-11(18)7-15)12-5-3-4-6-14(12)16-10/h3-6,11,16,18H,7-9,15H2,1-2H3. The molecular formula is C14H21N3O. The Morgan fingerprint density at radius 3 is 2.83 bits per heavy atom. The third kappa shape index (κ3) is 2.72. The zero-order valence-electron chi connectivity index (χ0n) is 11.0. The highest BCUT2D eigenvalue weighted by atomic mass is 16.3. The van der Waals surface area contributed by atoms with Crippen LogP contribution >= 0.6 is 0 Å². The quantitative estimate of drug-likeness (QED) is 0.744. The SMILES string of the molecule is Cc1[nH]c2ccccc2c1CN(C)CC(O)CN. The van der Waals surface area contributed by atoms with E-state index in [2.05, 4.69) is 28.9 Å². The summed E-state index contributed by atoms with van der Waals surface area (Å²) >= 11 is 0. The van der Waals surface area contributed by atoms with Crippen molar-refractivity contribution in [3.8, 4) is 0 Å². The molecule has 1 aromatic heterocycles. The number of rotatable bonds is 5. The van der Waals surface area contributed by atoms with Crippen molar-refractivity contribution in [1.82, 2.24) is 9.88 Å². The molecule has 4 heteroatoms. The molecule has 1 heterocycles. The van der Waals surface area contributed by atoms with Gasteiger partial charge in [-0.2, -0.15) is 0 Å². The van der Waals surface area contributed by atoms with Crippen LogP contribution in [0, 0.1) is 6.92 Å². The van der Waals surface area contributed by atoms with Crippen molar-refractivity contribution in [2.24, 2.45) is 5.73 Å². The van der Waals surface area contributed by atoms with Gasteiger partial charge >= 0.3 is 0 Å². The number of aryl methyl sites for hydroxylation is 1. The Bertz CT molecular complexity index is 521. The summed E-state index contributed by atoms with van der Waals surface area (Å²) < 4.78 is 0. The average molecular weight is 247 g/mol. The number of aliphatic hydroxyl groups is 1. The molecule has 0 amide bonds. The summed E-state index contributed by atoms with van der Waals surface area (Å²) in [5.74, 6) is 0. The Morgan fingerprint density at radius 1 is 1.39 bits per heavy atom. The lowest BCUT2D eigenvalue weighted by atomic mass is 10.1. The molecule has 18 heavy (non-hydrogen) atoms. The largest absolute Gasteiger partial charge is 0.390 e. The van der Waals surface area contributed by atoms with E-state index in [0.717, 1.165) is 12.1 Å². The summed E-state index contributed by atoms with van der Waals surface area (Å²) in [5.41, 5.74) is 9.07. The number of hydrogen-bond acceptors (Lipinski definition) is 3. The van der Waals surface area contributed by atoms with Gasteiger partial charge in [0, 0.05) is 36.2 Å². The number of para-hydroxylation sites is 1. The van der Waals surface area contributed by atoms with Crippen LogP contribution in [0.15, 0.2) is 24.3 Å². The van der Waals surface area contributed by atoms with E-state index in [4.69, 9.17) is 5.73 Å². The Labute approximate surface area is 107 Å². The predicted octanol–water partition coefficient (Wildman–Crippen LogP) is 1.23. The number of nitrogens with zero attached hydrogens (tertiary/aromatic N) is 1. The molecule has 1 aromatic carbocycles. The van der Waals surface area contributed by atoms with Gasteiger partial charge in [-0.3, -0.25) is 4.90 Å². The molecule has 0 aliphatic heterocycles. The summed E-state index contributed by atoms with van der Waals surface area (Å²) in [6, 6.07) is 8.29. The second-order valence-electron chi connectivity index (χ2n) is 4.86. The highest BCUT2D eigenvalue weighted by Crippen LogP contribution is 2.22. The fourth-order valence-corrected chi connectivity index (χ4v) is 2.31. The lowest BCUT2D eigenvalue weighted by molar-refractivity contribution is 0.129. The van der Waals surface area contributed by atoms with Crippen LogP contribution in [-0.2, 0) is 6.54 Å². The molecule has 1 atom stereocenters. The van der Waals surface area contributed by atoms with E-state index in [1.807, 2.05) is 19.2 Å². The van der Waals surface area contributed by atoms with Gasteiger partial charge in [0.1, 0.15) is 0 Å². The fraction of sp³-hybridized carbons (Fsp3) is 0.429. The smallest absolute Gasteiger partial charge is 0.0789 e. The van der Waals surface area contributed by atoms with Crippen LogP contribution in [0.2, 0.25) is 0 Å². The zero-order chi connectivity index (χ0) is 13.1. The predicted molar refractivity (Wildman–Crippen MR) is 74.4 cm³/mol. The molecular weight excluding hydrogens is 226 g/mol. The van der Waals surface area contributed by atoms with Gasteiger partial charge in [0.2, 0.25) is 0 Å². The van der Waals surface area contributed by atoms with Crippen LogP contribution in [0.5, 0.6) is 0 Å². The molecule has 0 aliphatic carbocycles. The lowest BCUT2D eigenvalue weighted by Crippen LogP contribution is -2.33. The maximum atomic E-state index is 9.57. The van der Waals surface area contributed by atoms with Gasteiger partial charge < -0.3 is 15.8 Å². The third-order valence-electron chi connectivity index (χ3n) is 3.25. The molecule has 98 valence electrons. The molecule has 2 rings (SSSR count). The van der Waals surface area contributed by atoms with Crippen molar-refractivity contribution in [1.29, 1.82) is 0 Å². The fourth-order valence-electron chi connectivity index (χ4n) is 2.31. The number of fused-ring (bicyclic) bond motifs is 1. The van der Waals surface area contributed by atoms with Crippen molar-refractivity contribution in [3.05, 3.63) is 35.5 Å². The number of benzene rings is 1. The molecule has 2 aromatic rings. The minimum absolute atomic E-state index is 0.303. The van der Waals surface area contributed by atoms with E-state index in [1.54, 1.807) is 0 Å². The normalized spacial score (nSPS) is 13.4. The Hall–Kier alpha value is -1.36. The van der Waals surface area contributed by atoms with Crippen molar-refractivity contribution in [2.75, 3.05) is 20.1 Å². The molecule has 0 saturated carbocycles. The Morgan fingerprint density at radius 2 is 2.11 bits per heavy atom. The molecule has 0 fully saturated rings. The zero-order valence-corrected chi connectivity index (χ0v) is 11.0. The highest BCUT2D eigenvalue weighted by Gasteiger charge is 2.12. The first-order valence-electron chi connectivity index (χ1n) is 6.24. The highest BCUT2D eigenvalue weighted by molar-refractivity contribution is 5.84. The summed E-state index contributed by atoms with van der Waals surface area (Å²) in [6.45, 7) is 3.79. The molecule has 4 N–H and O–H groups in total. The minimum atomic E-state index is -0.458. The molecule has 0 saturated heterocycles. The summed E-state index contributed by atoms with van der Waals surface area (Å²) in [7, 11) is 2.00. The van der Waals surface area contributed by atoms with Gasteiger partial charge in [-0.05, 0) is 25.6 Å². The number of aromatic nitrogens is 1. The maximum absolute atomic E-state index is 9.57. The average Bonchev–Trinajstić information content (AvgIpc) is 2.66. The first kappa shape index (κ1) is 13.1. The van der Waals surface area contributed by atoms with E-state index in [0.29, 0.717) is 13.1 Å². The number of aliphatic hydroxyl groups excluding tert-OH is 1. The van der Waals surface area contributed by atoms with Crippen LogP contribution in [-0.4, -0.2) is 41.2 Å². The number of aromatic amines is 1. The second kappa shape index (κ2) is 5.52. The van der Waals surface area contributed by atoms with Crippen LogP contribution in [0.3, 0.4) is 0 Å². The van der Waals surface area contributed by atoms with Crippen LogP contribution in [0.25, 0.3) is 10.9 Å². The maximum Gasteiger partial charge on any atom is 0.0789 e. The Balaban J connectivity index is 2.18. The summed E-state index contributed by atoms with van der Waals surface area (Å²) in [5, 5.41) is 10.8. The van der Waals surface area contributed by atoms with Gasteiger partial charge in [0.15, 0.2) is 0 Å². The van der Waals surface area contributed by atoms with Crippen LogP contribution < -0.4 is 5.73 Å². The number of nitrogens with two attached hydrogens (primary N) is 1. The number of H-pyrrole nitrogens is 1. The number of hydrogen-bond donors (Lipinski definition) is 3. The molecule has 4 nitrogen and oxygen atoms in total. The topological polar surface area (TPSA) is 65.3 Å². The summed E-state index contributed by atoms with van der Waals surface area (Å²) in [4.78, 5) is 5.48. The van der Waals surface area contributed by atoms with E-state index in [9.17, 15) is 5.11 Å². The van der Waals surface area contributed by atoms with Crippen molar-refractivity contribution >= 4 is 10.9 Å². The first-order chi connectivity index (χ1) is 8.61. The number of likely N-dealkylation sites (N-methyl/N-ethyl adjacent to an activating group) is 1. The molecule has 0 aliphatic rings. The van der Waals surface area contributed by atoms with Crippen LogP contribution in [0.1, 0.15) is 11.3 Å². The van der Waals surface area contributed by atoms with Crippen LogP contribution in [0.4, 0.5) is 0 Å². The monoisotopic (exact) mass is 247 g/mol. The number of nitrogens with one attached hydrogen (secondary N) is 1. The van der Waals surface area contributed by atoms with Gasteiger partial charge in [-0.25, -0.2) is 0 Å². The second-order valence-corrected chi connectivity index (χ2v) is 4.86. The van der Waals surface area contributed by atoms with Crippen molar-refractivity contribution < 1.29 is 5.11 Å². The lowest BCUT2D eigenvalue weighted by Gasteiger charge is -2.19. The van der Waals surface area contributed by atoms with Gasteiger partial charge in [-0.15, -0.1) is 0 Å². The molecule has 0 bridgehead atoms. The van der Waals surface area contributed by atoms with Gasteiger partial charge in [0.05, 0.1) is 6.10 Å². The Kier molecular flexibility index (Phi) is 4.01.